The summed E-state index contributed by atoms with van der Waals surface area (Å²) in [5, 5.41) is 37.0. The molecule has 2 saturated heterocycles. The molecule has 2 aliphatic rings. The van der Waals surface area contributed by atoms with Crippen LogP contribution in [0.4, 0.5) is 0 Å². The molecule has 36 nitrogen and oxygen atoms in total. The molecule has 12 atom stereocenters. The summed E-state index contributed by atoms with van der Waals surface area (Å²) >= 11 is 0. The molecule has 4 aromatic carbocycles. The van der Waals surface area contributed by atoms with Crippen molar-refractivity contribution in [2.45, 2.75) is 196 Å². The zero-order valence-corrected chi connectivity index (χ0v) is 67.6. The minimum atomic E-state index is -1.80. The van der Waals surface area contributed by atoms with E-state index < -0.39 is 162 Å². The van der Waals surface area contributed by atoms with E-state index in [-0.39, 0.29) is 90.3 Å². The third-order valence-corrected chi connectivity index (χ3v) is 22.1. The lowest BCUT2D eigenvalue weighted by Crippen LogP contribution is -2.61. The molecule has 0 radical (unpaired) electrons. The van der Waals surface area contributed by atoms with Gasteiger partial charge < -0.3 is 111 Å². The number of aromatic amines is 5. The van der Waals surface area contributed by atoms with Crippen molar-refractivity contribution in [3.63, 3.8) is 0 Å². The van der Waals surface area contributed by atoms with E-state index in [9.17, 15) is 43.5 Å². The van der Waals surface area contributed by atoms with Gasteiger partial charge in [0.25, 0.3) is 0 Å². The Hall–Kier alpha value is -13.1. The molecule has 7 heterocycles. The van der Waals surface area contributed by atoms with Crippen molar-refractivity contribution in [2.24, 2.45) is 28.9 Å². The Morgan fingerprint density at radius 3 is 1.30 bits per heavy atom. The number of hydrogen-bond donors (Lipinski definition) is 19. The molecule has 0 bridgehead atoms. The summed E-state index contributed by atoms with van der Waals surface area (Å²) < 4.78 is 0. The lowest BCUT2D eigenvalue weighted by molar-refractivity contribution is -0.143. The molecule has 0 spiro atoms. The average molecular weight is 1660 g/mol. The maximum atomic E-state index is 15.8. The zero-order chi connectivity index (χ0) is 86.2. The molecule has 9 aromatic rings. The summed E-state index contributed by atoms with van der Waals surface area (Å²) in [6.07, 6.45) is 11.9. The molecule has 36 heteroatoms. The fourth-order valence-corrected chi connectivity index (χ4v) is 15.7. The number of aromatic nitrogens is 7. The first kappa shape index (κ1) is 88.7. The summed E-state index contributed by atoms with van der Waals surface area (Å²) in [6, 6.07) is 14.2. The summed E-state index contributed by atoms with van der Waals surface area (Å²) in [7, 11) is 0. The van der Waals surface area contributed by atoms with Crippen LogP contribution in [-0.4, -0.2) is 225 Å². The number of nitrogens with one attached hydrogen (secondary N) is 14. The summed E-state index contributed by atoms with van der Waals surface area (Å²) in [5.41, 5.74) is 29.4. The number of nitrogens with zero attached hydrogens (tertiary/aromatic N) is 4. The third-order valence-electron chi connectivity index (χ3n) is 22.1. The van der Waals surface area contributed by atoms with E-state index in [4.69, 9.17) is 22.9 Å². The molecule has 0 aliphatic carbocycles. The van der Waals surface area contributed by atoms with Crippen LogP contribution in [0.5, 0.6) is 0 Å². The van der Waals surface area contributed by atoms with E-state index in [0.717, 1.165) is 16.5 Å². The number of carbonyl (C=O) groups is 13. The molecule has 2 aliphatic heterocycles. The van der Waals surface area contributed by atoms with E-state index in [1.54, 1.807) is 93.1 Å². The summed E-state index contributed by atoms with van der Waals surface area (Å²) in [6.45, 7) is 4.08. The number of hydrogen-bond acceptors (Lipinski definition) is 18. The number of carboxylic acids is 1. The van der Waals surface area contributed by atoms with Gasteiger partial charge in [-0.25, -0.2) is 14.8 Å². The van der Waals surface area contributed by atoms with Crippen LogP contribution in [0.1, 0.15) is 118 Å². The molecule has 23 N–H and O–H groups in total. The fraction of sp³-hybridized carbons (Fsp3) is 0.424. The second-order valence-corrected chi connectivity index (χ2v) is 31.2. The lowest BCUT2D eigenvalue weighted by Gasteiger charge is -2.31. The quantitative estimate of drug-likeness (QED) is 0.0236. The lowest BCUT2D eigenvalue weighted by atomic mass is 10.00. The van der Waals surface area contributed by atoms with Crippen molar-refractivity contribution in [3.8, 4) is 0 Å². The van der Waals surface area contributed by atoms with Gasteiger partial charge in [-0.05, 0) is 130 Å². The highest BCUT2D eigenvalue weighted by atomic mass is 16.4. The smallest absolute Gasteiger partial charge is 0.326 e. The molecular formula is C85H108N22O14. The van der Waals surface area contributed by atoms with Gasteiger partial charge in [0.05, 0.1) is 25.1 Å². The number of imidazole rings is 2. The van der Waals surface area contributed by atoms with Crippen LogP contribution >= 0.6 is 0 Å². The molecule has 121 heavy (non-hydrogen) atoms. The Labute approximate surface area is 697 Å². The van der Waals surface area contributed by atoms with Gasteiger partial charge in [-0.1, -0.05) is 98.8 Å². The molecule has 0 saturated carbocycles. The van der Waals surface area contributed by atoms with Gasteiger partial charge in [-0.2, -0.15) is 0 Å². The van der Waals surface area contributed by atoms with Crippen molar-refractivity contribution in [3.05, 3.63) is 180 Å². The number of amides is 12. The number of fused-ring (bicyclic) bond motifs is 3. The van der Waals surface area contributed by atoms with Crippen LogP contribution < -0.4 is 70.8 Å². The second kappa shape index (κ2) is 42.5. The van der Waals surface area contributed by atoms with Gasteiger partial charge in [0.15, 0.2) is 0 Å². The van der Waals surface area contributed by atoms with Gasteiger partial charge in [-0.15, -0.1) is 0 Å². The molecular weight excluding hydrogens is 1550 g/mol. The maximum absolute atomic E-state index is 15.8. The standard InChI is InChI=1S/C85H108N22O14/c1-48(2)73(82(117)98-63(85(120)121)27-13-15-31-87)105-74(109)62(26-12-14-30-86)97-75(110)64(34-49-18-4-3-5-19-49)99-77(112)66(38-53-44-90-46-95-53)103-81(116)71-29-17-33-107(71)84(119)69(37-52-43-94-61-25-11-8-22-57(52)61)104-76(111)65(36-51-42-93-60-24-10-7-21-56(51)60)100-79(114)68(40-72(89)108)101-78(113)67(39-54-45-91-47-96-54)102-80(115)70-28-16-32-106(70)83(118)58(88)35-50-41-92-59-23-9-6-20-55(50)59/h3-11,18-25,41-48,58,62-71,73,92-94H,12-17,26-40,86-88H2,1-2H3,(H2,89,108)(H,90,95)(H,91,96)(H,97,110)(H,98,117)(H,99,112)(H,100,114)(H,101,113)(H,102,115)(H,103,116)(H,104,111)(H,105,109)(H,120,121)/t58-,62-,63-,64-,65-,66-,67-,68-,69-,70-,71-,73-/m0/s1. The van der Waals surface area contributed by atoms with Gasteiger partial charge in [0.1, 0.15) is 66.5 Å². The van der Waals surface area contributed by atoms with E-state index >= 15 is 24.0 Å². The van der Waals surface area contributed by atoms with Crippen molar-refractivity contribution < 1.29 is 67.4 Å². The first-order valence-electron chi connectivity index (χ1n) is 41.0. The predicted molar refractivity (Wildman–Crippen MR) is 448 cm³/mol. The first-order chi connectivity index (χ1) is 58.3. The molecule has 642 valence electrons. The maximum Gasteiger partial charge on any atom is 0.326 e. The number of aliphatic carboxylic acids is 1. The van der Waals surface area contributed by atoms with Crippen molar-refractivity contribution >= 4 is 110 Å². The summed E-state index contributed by atoms with van der Waals surface area (Å²) in [5.74, 6) is -11.7. The number of carboxylic acid groups (broad SMARTS) is 1. The number of para-hydroxylation sites is 3. The fourth-order valence-electron chi connectivity index (χ4n) is 15.7. The topological polar surface area (TPSA) is 566 Å². The van der Waals surface area contributed by atoms with Gasteiger partial charge >= 0.3 is 5.97 Å². The van der Waals surface area contributed by atoms with Crippen LogP contribution in [0.3, 0.4) is 0 Å². The minimum Gasteiger partial charge on any atom is -0.480 e. The molecule has 5 aromatic heterocycles. The Balaban J connectivity index is 0.832. The predicted octanol–water partition coefficient (Wildman–Crippen LogP) is 0.879. The highest BCUT2D eigenvalue weighted by molar-refractivity contribution is 6.01. The monoisotopic (exact) mass is 1660 g/mol. The van der Waals surface area contributed by atoms with Gasteiger partial charge in [0, 0.05) is 120 Å². The number of carbonyl (C=O) groups excluding carboxylic acids is 12. The van der Waals surface area contributed by atoms with Crippen molar-refractivity contribution in [2.75, 3.05) is 26.2 Å². The Morgan fingerprint density at radius 1 is 0.438 bits per heavy atom. The second-order valence-electron chi connectivity index (χ2n) is 31.2. The van der Waals surface area contributed by atoms with E-state index in [0.29, 0.717) is 88.5 Å². The molecule has 11 rings (SSSR count). The van der Waals surface area contributed by atoms with E-state index in [1.165, 1.54) is 34.8 Å². The SMILES string of the molecule is CC(C)[C@H](NC(=O)[C@H](CCCCN)NC(=O)[C@H](Cc1ccccc1)NC(=O)[C@H](Cc1cnc[nH]1)NC(=O)[C@@H]1CCCN1C(=O)[C@H](Cc1c[nH]c2ccccc12)NC(=O)[C@H](Cc1c[nH]c2ccccc12)NC(=O)[C@H](CC(N)=O)NC(=O)[C@H](Cc1cnc[nH]1)NC(=O)[C@@H]1CCCN1C(=O)[C@@H](N)Cc1c[nH]c2ccccc12)C(=O)N[C@@H](CCCCN)C(=O)O. The van der Waals surface area contributed by atoms with E-state index in [1.807, 2.05) is 42.5 Å². The number of nitrogens with two attached hydrogens (primary N) is 4. The highest BCUT2D eigenvalue weighted by Gasteiger charge is 2.43. The number of benzene rings is 4. The van der Waals surface area contributed by atoms with Gasteiger partial charge in [-0.3, -0.25) is 57.5 Å². The van der Waals surface area contributed by atoms with Crippen LogP contribution in [0.15, 0.2) is 147 Å². The number of likely N-dealkylation sites (tertiary alicyclic amines) is 2. The van der Waals surface area contributed by atoms with Crippen molar-refractivity contribution in [1.82, 2.24) is 92.5 Å². The molecule has 0 unspecified atom stereocenters. The number of rotatable bonds is 44. The average Bonchev–Trinajstić information content (AvgIpc) is 1.70. The first-order valence-corrected chi connectivity index (χ1v) is 41.0. The summed E-state index contributed by atoms with van der Waals surface area (Å²) in [4.78, 5) is 216. The Bertz CT molecular complexity index is 5080. The normalized spacial score (nSPS) is 16.5. The molecule has 12 amide bonds. The van der Waals surface area contributed by atoms with Gasteiger partial charge in [0.2, 0.25) is 70.9 Å². The van der Waals surface area contributed by atoms with E-state index in [2.05, 4.69) is 82.7 Å². The Kier molecular flexibility index (Phi) is 31.2. The highest BCUT2D eigenvalue weighted by Crippen LogP contribution is 2.27. The number of H-pyrrole nitrogens is 5. The van der Waals surface area contributed by atoms with Crippen LogP contribution in [0.25, 0.3) is 32.7 Å². The third kappa shape index (κ3) is 23.7. The zero-order valence-electron chi connectivity index (χ0n) is 67.6. The van der Waals surface area contributed by atoms with Crippen LogP contribution in [0, 0.1) is 5.92 Å². The largest absolute Gasteiger partial charge is 0.480 e. The van der Waals surface area contributed by atoms with Crippen LogP contribution in [0.2, 0.25) is 0 Å². The number of primary amides is 1. The molecule has 2 fully saturated rings. The van der Waals surface area contributed by atoms with Crippen molar-refractivity contribution in [1.29, 1.82) is 0 Å². The number of unbranched alkanes of at least 4 members (excludes halogenated alkanes) is 2. The minimum absolute atomic E-state index is 0.0157. The Morgan fingerprint density at radius 2 is 0.835 bits per heavy atom. The van der Waals surface area contributed by atoms with Crippen LogP contribution in [-0.2, 0) is 101 Å².